The molecule has 0 saturated heterocycles. The number of hydrogen-bond donors (Lipinski definition) is 2. The van der Waals surface area contributed by atoms with Gasteiger partial charge in [0.25, 0.3) is 5.91 Å². The molecule has 0 bridgehead atoms. The number of carbonyl (C=O) groups is 1. The molecule has 1 rings (SSSR count). The number of hydrogen-bond acceptors (Lipinski definition) is 4. The molecule has 3 N–H and O–H groups in total. The highest BCUT2D eigenvalue weighted by molar-refractivity contribution is 5.91. The summed E-state index contributed by atoms with van der Waals surface area (Å²) in [6.45, 7) is 7.57. The van der Waals surface area contributed by atoms with Crippen LogP contribution in [0.2, 0.25) is 0 Å². The maximum atomic E-state index is 11.7. The molecule has 1 unspecified atom stereocenters. The van der Waals surface area contributed by atoms with Gasteiger partial charge in [0.1, 0.15) is 0 Å². The van der Waals surface area contributed by atoms with E-state index in [1.165, 1.54) is 0 Å². The molecule has 0 radical (unpaired) electrons. The smallest absolute Gasteiger partial charge is 0.273 e. The molecule has 0 aromatic carbocycles. The van der Waals surface area contributed by atoms with Crippen LogP contribution >= 0.6 is 0 Å². The quantitative estimate of drug-likeness (QED) is 0.752. The third kappa shape index (κ3) is 5.27. The van der Waals surface area contributed by atoms with Gasteiger partial charge < -0.3 is 11.1 Å². The molecule has 102 valence electrons. The van der Waals surface area contributed by atoms with E-state index in [1.54, 1.807) is 10.9 Å². The summed E-state index contributed by atoms with van der Waals surface area (Å²) < 4.78 is 1.71. The van der Waals surface area contributed by atoms with Crippen molar-refractivity contribution >= 4 is 5.91 Å². The number of nitrogens with two attached hydrogens (primary N) is 1. The monoisotopic (exact) mass is 253 g/mol. The minimum Gasteiger partial charge on any atom is -0.351 e. The van der Waals surface area contributed by atoms with Crippen LogP contribution in [0.3, 0.4) is 0 Å². The maximum absolute atomic E-state index is 11.7. The van der Waals surface area contributed by atoms with E-state index >= 15 is 0 Å². The van der Waals surface area contributed by atoms with Crippen molar-refractivity contribution in [3.05, 3.63) is 11.9 Å². The lowest BCUT2D eigenvalue weighted by Gasteiger charge is -2.05. The van der Waals surface area contributed by atoms with Gasteiger partial charge in [-0.2, -0.15) is 0 Å². The molecule has 1 atom stereocenters. The Morgan fingerprint density at radius 2 is 2.17 bits per heavy atom. The fourth-order valence-electron chi connectivity index (χ4n) is 1.41. The van der Waals surface area contributed by atoms with Crippen LogP contribution in [-0.2, 0) is 6.54 Å². The first kappa shape index (κ1) is 14.6. The largest absolute Gasteiger partial charge is 0.351 e. The second kappa shape index (κ2) is 7.10. The molecule has 0 saturated carbocycles. The van der Waals surface area contributed by atoms with E-state index in [0.29, 0.717) is 18.2 Å². The second-order valence-corrected chi connectivity index (χ2v) is 5.07. The first-order valence-electron chi connectivity index (χ1n) is 6.43. The summed E-state index contributed by atoms with van der Waals surface area (Å²) in [6, 6.07) is 0.0898. The van der Waals surface area contributed by atoms with Crippen LogP contribution in [0.15, 0.2) is 6.20 Å². The molecule has 0 aliphatic rings. The van der Waals surface area contributed by atoms with Gasteiger partial charge in [0.15, 0.2) is 5.69 Å². The SMILES string of the molecule is CC(C)CCn1cc(C(=O)NCCC(C)N)nn1. The van der Waals surface area contributed by atoms with Crippen LogP contribution in [0, 0.1) is 5.92 Å². The Morgan fingerprint density at radius 3 is 2.78 bits per heavy atom. The zero-order valence-corrected chi connectivity index (χ0v) is 11.4. The molecule has 6 heteroatoms. The van der Waals surface area contributed by atoms with E-state index in [4.69, 9.17) is 5.73 Å². The molecular formula is C12H23N5O. The van der Waals surface area contributed by atoms with E-state index in [0.717, 1.165) is 19.4 Å². The van der Waals surface area contributed by atoms with Crippen molar-refractivity contribution in [2.45, 2.75) is 46.2 Å². The number of amides is 1. The number of nitrogens with one attached hydrogen (secondary N) is 1. The van der Waals surface area contributed by atoms with Gasteiger partial charge in [-0.05, 0) is 25.7 Å². The van der Waals surface area contributed by atoms with Gasteiger partial charge >= 0.3 is 0 Å². The van der Waals surface area contributed by atoms with Crippen molar-refractivity contribution in [1.29, 1.82) is 0 Å². The van der Waals surface area contributed by atoms with Crippen molar-refractivity contribution in [2.75, 3.05) is 6.54 Å². The van der Waals surface area contributed by atoms with Gasteiger partial charge in [-0.25, -0.2) is 0 Å². The Kier molecular flexibility index (Phi) is 5.77. The molecule has 1 aromatic rings. The van der Waals surface area contributed by atoms with Crippen LogP contribution in [0.4, 0.5) is 0 Å². The molecule has 1 amide bonds. The van der Waals surface area contributed by atoms with E-state index in [-0.39, 0.29) is 11.9 Å². The molecule has 18 heavy (non-hydrogen) atoms. The minimum atomic E-state index is -0.188. The van der Waals surface area contributed by atoms with Gasteiger partial charge in [-0.1, -0.05) is 19.1 Å². The third-order valence-corrected chi connectivity index (χ3v) is 2.59. The Morgan fingerprint density at radius 1 is 1.44 bits per heavy atom. The average molecular weight is 253 g/mol. The molecule has 0 fully saturated rings. The fourth-order valence-corrected chi connectivity index (χ4v) is 1.41. The third-order valence-electron chi connectivity index (χ3n) is 2.59. The summed E-state index contributed by atoms with van der Waals surface area (Å²) in [5, 5.41) is 10.6. The Bertz CT molecular complexity index is 372. The maximum Gasteiger partial charge on any atom is 0.273 e. The highest BCUT2D eigenvalue weighted by Crippen LogP contribution is 2.02. The summed E-state index contributed by atoms with van der Waals surface area (Å²) in [5.41, 5.74) is 5.97. The van der Waals surface area contributed by atoms with Crippen molar-refractivity contribution < 1.29 is 4.79 Å². The van der Waals surface area contributed by atoms with Crippen molar-refractivity contribution in [2.24, 2.45) is 11.7 Å². The second-order valence-electron chi connectivity index (χ2n) is 5.07. The molecular weight excluding hydrogens is 230 g/mol. The van der Waals surface area contributed by atoms with Crippen LogP contribution in [0.5, 0.6) is 0 Å². The molecule has 6 nitrogen and oxygen atoms in total. The van der Waals surface area contributed by atoms with E-state index in [9.17, 15) is 4.79 Å². The molecule has 1 heterocycles. The Labute approximate surface area is 108 Å². The summed E-state index contributed by atoms with van der Waals surface area (Å²) in [7, 11) is 0. The summed E-state index contributed by atoms with van der Waals surface area (Å²) in [4.78, 5) is 11.7. The topological polar surface area (TPSA) is 85.8 Å². The molecule has 0 spiro atoms. The number of carbonyl (C=O) groups excluding carboxylic acids is 1. The summed E-state index contributed by atoms with van der Waals surface area (Å²) in [5.74, 6) is 0.420. The average Bonchev–Trinajstić information content (AvgIpc) is 2.74. The van der Waals surface area contributed by atoms with Gasteiger partial charge in [0.05, 0.1) is 6.20 Å². The summed E-state index contributed by atoms with van der Waals surface area (Å²) >= 11 is 0. The van der Waals surface area contributed by atoms with Crippen LogP contribution in [0.1, 0.15) is 44.1 Å². The van der Waals surface area contributed by atoms with Crippen molar-refractivity contribution in [3.63, 3.8) is 0 Å². The lowest BCUT2D eigenvalue weighted by molar-refractivity contribution is 0.0947. The standard InChI is InChI=1S/C12H23N5O/c1-9(2)5-7-17-8-11(15-16-17)12(18)14-6-4-10(3)13/h8-10H,4-7,13H2,1-3H3,(H,14,18). The Hall–Kier alpha value is -1.43. The zero-order chi connectivity index (χ0) is 13.5. The number of nitrogens with zero attached hydrogens (tertiary/aromatic N) is 3. The summed E-state index contributed by atoms with van der Waals surface area (Å²) in [6.07, 6.45) is 3.46. The first-order chi connectivity index (χ1) is 8.49. The van der Waals surface area contributed by atoms with Crippen molar-refractivity contribution in [1.82, 2.24) is 20.3 Å². The molecule has 0 aliphatic carbocycles. The van der Waals surface area contributed by atoms with Crippen molar-refractivity contribution in [3.8, 4) is 0 Å². The normalized spacial score (nSPS) is 12.7. The molecule has 0 aliphatic heterocycles. The molecule has 1 aromatic heterocycles. The van der Waals surface area contributed by atoms with Crippen LogP contribution < -0.4 is 11.1 Å². The van der Waals surface area contributed by atoms with Gasteiger partial charge in [-0.15, -0.1) is 5.10 Å². The predicted molar refractivity (Wildman–Crippen MR) is 70.1 cm³/mol. The van der Waals surface area contributed by atoms with E-state index < -0.39 is 0 Å². The Balaban J connectivity index is 2.39. The van der Waals surface area contributed by atoms with Gasteiger partial charge in [0, 0.05) is 19.1 Å². The van der Waals surface area contributed by atoms with E-state index in [1.807, 2.05) is 6.92 Å². The van der Waals surface area contributed by atoms with Gasteiger partial charge in [0.2, 0.25) is 0 Å². The van der Waals surface area contributed by atoms with Crippen LogP contribution in [0.25, 0.3) is 0 Å². The van der Waals surface area contributed by atoms with E-state index in [2.05, 4.69) is 29.5 Å². The highest BCUT2D eigenvalue weighted by Gasteiger charge is 2.10. The van der Waals surface area contributed by atoms with Crippen LogP contribution in [-0.4, -0.2) is 33.5 Å². The minimum absolute atomic E-state index is 0.0898. The zero-order valence-electron chi connectivity index (χ0n) is 11.4. The predicted octanol–water partition coefficient (Wildman–Crippen LogP) is 0.791. The first-order valence-corrected chi connectivity index (χ1v) is 6.43. The highest BCUT2D eigenvalue weighted by atomic mass is 16.2. The lowest BCUT2D eigenvalue weighted by Crippen LogP contribution is -2.29. The van der Waals surface area contributed by atoms with Gasteiger partial charge in [-0.3, -0.25) is 9.48 Å². The fraction of sp³-hybridized carbons (Fsp3) is 0.750. The number of rotatable bonds is 7. The lowest BCUT2D eigenvalue weighted by atomic mass is 10.1. The number of aromatic nitrogens is 3. The number of aryl methyl sites for hydroxylation is 1.